The highest BCUT2D eigenvalue weighted by atomic mass is 32.1. The normalized spacial score (nSPS) is 19.4. The molecule has 1 aliphatic carbocycles. The number of nitrogens with zero attached hydrogens (tertiary/aromatic N) is 1. The van der Waals surface area contributed by atoms with Crippen LogP contribution in [0.5, 0.6) is 5.75 Å². The van der Waals surface area contributed by atoms with Crippen LogP contribution in [0.4, 0.5) is 9.52 Å². The lowest BCUT2D eigenvalue weighted by Gasteiger charge is -2.06. The van der Waals surface area contributed by atoms with Crippen molar-refractivity contribution in [2.75, 3.05) is 5.32 Å². The molecule has 0 aliphatic heterocycles. The van der Waals surface area contributed by atoms with E-state index >= 15 is 0 Å². The summed E-state index contributed by atoms with van der Waals surface area (Å²) < 4.78 is 13.9. The van der Waals surface area contributed by atoms with Crippen LogP contribution >= 0.6 is 11.3 Å². The Kier molecular flexibility index (Phi) is 3.49. The zero-order chi connectivity index (χ0) is 16.8. The minimum absolute atomic E-state index is 0.221. The Bertz CT molecular complexity index is 953. The van der Waals surface area contributed by atoms with E-state index in [9.17, 15) is 14.3 Å². The predicted octanol–water partition coefficient (Wildman–Crippen LogP) is 4.27. The Labute approximate surface area is 142 Å². The number of amides is 1. The second kappa shape index (κ2) is 5.56. The standard InChI is InChI=1S/C18H15FN2O2S/c1-9-2-4-11(22)7-12(9)10-3-5-15-16(6-10)24-18(20-15)21-17(23)13-8-14(13)19/h2-7,13-14,22H,8H2,1H3,(H,20,21,23). The summed E-state index contributed by atoms with van der Waals surface area (Å²) in [7, 11) is 0. The van der Waals surface area contributed by atoms with Gasteiger partial charge in [0.15, 0.2) is 5.13 Å². The molecule has 3 aromatic rings. The molecule has 4 rings (SSSR count). The van der Waals surface area contributed by atoms with Gasteiger partial charge in [-0.15, -0.1) is 0 Å². The van der Waals surface area contributed by atoms with Crippen LogP contribution in [-0.4, -0.2) is 22.2 Å². The molecule has 0 saturated heterocycles. The molecule has 1 amide bonds. The zero-order valence-electron chi connectivity index (χ0n) is 12.9. The van der Waals surface area contributed by atoms with Crippen molar-refractivity contribution < 1.29 is 14.3 Å². The van der Waals surface area contributed by atoms with Crippen LogP contribution in [0.3, 0.4) is 0 Å². The largest absolute Gasteiger partial charge is 0.508 e. The van der Waals surface area contributed by atoms with Crippen LogP contribution < -0.4 is 5.32 Å². The molecule has 1 saturated carbocycles. The summed E-state index contributed by atoms with van der Waals surface area (Å²) in [6, 6.07) is 11.1. The number of carbonyl (C=O) groups excluding carboxylic acids is 1. The number of hydrogen-bond donors (Lipinski definition) is 2. The lowest BCUT2D eigenvalue weighted by atomic mass is 10.0. The van der Waals surface area contributed by atoms with Gasteiger partial charge in [-0.3, -0.25) is 4.79 Å². The van der Waals surface area contributed by atoms with Crippen LogP contribution in [0.1, 0.15) is 12.0 Å². The Morgan fingerprint density at radius 1 is 1.33 bits per heavy atom. The van der Waals surface area contributed by atoms with Crippen LogP contribution in [0.2, 0.25) is 0 Å². The van der Waals surface area contributed by atoms with E-state index in [0.29, 0.717) is 11.6 Å². The lowest BCUT2D eigenvalue weighted by Crippen LogP contribution is -2.14. The van der Waals surface area contributed by atoms with Crippen molar-refractivity contribution in [3.63, 3.8) is 0 Å². The quantitative estimate of drug-likeness (QED) is 0.747. The molecule has 2 atom stereocenters. The number of anilines is 1. The van der Waals surface area contributed by atoms with Crippen LogP contribution in [0, 0.1) is 12.8 Å². The minimum atomic E-state index is -1.01. The Morgan fingerprint density at radius 3 is 2.88 bits per heavy atom. The summed E-state index contributed by atoms with van der Waals surface area (Å²) in [5.41, 5.74) is 3.77. The molecule has 122 valence electrons. The number of rotatable bonds is 3. The number of carbonyl (C=O) groups is 1. The maximum atomic E-state index is 12.9. The third-order valence-electron chi connectivity index (χ3n) is 4.20. The summed E-state index contributed by atoms with van der Waals surface area (Å²) in [6.07, 6.45) is -0.711. The Morgan fingerprint density at radius 2 is 2.12 bits per heavy atom. The number of aromatic hydroxyl groups is 1. The molecular formula is C18H15FN2O2S. The summed E-state index contributed by atoms with van der Waals surface area (Å²) >= 11 is 1.36. The molecule has 6 heteroatoms. The first kappa shape index (κ1) is 15.1. The Hall–Kier alpha value is -2.47. The molecule has 1 fully saturated rings. The molecule has 2 N–H and O–H groups in total. The van der Waals surface area contributed by atoms with Crippen molar-refractivity contribution >= 4 is 32.6 Å². The van der Waals surface area contributed by atoms with Crippen LogP contribution in [-0.2, 0) is 4.79 Å². The topological polar surface area (TPSA) is 62.2 Å². The third-order valence-corrected chi connectivity index (χ3v) is 5.13. The van der Waals surface area contributed by atoms with Gasteiger partial charge in [0.2, 0.25) is 5.91 Å². The first-order valence-corrected chi connectivity index (χ1v) is 8.48. The number of thiazole rings is 1. The van der Waals surface area contributed by atoms with Crippen molar-refractivity contribution in [3.05, 3.63) is 42.0 Å². The summed E-state index contributed by atoms with van der Waals surface area (Å²) in [5, 5.41) is 12.9. The van der Waals surface area contributed by atoms with Gasteiger partial charge in [-0.25, -0.2) is 9.37 Å². The van der Waals surface area contributed by atoms with E-state index in [1.165, 1.54) is 11.3 Å². The van der Waals surface area contributed by atoms with E-state index in [0.717, 1.165) is 26.9 Å². The van der Waals surface area contributed by atoms with E-state index in [4.69, 9.17) is 0 Å². The molecule has 24 heavy (non-hydrogen) atoms. The van der Waals surface area contributed by atoms with Gasteiger partial charge in [0.1, 0.15) is 11.9 Å². The van der Waals surface area contributed by atoms with Gasteiger partial charge in [-0.2, -0.15) is 0 Å². The smallest absolute Gasteiger partial charge is 0.232 e. The Balaban J connectivity index is 1.66. The average molecular weight is 342 g/mol. The molecular weight excluding hydrogens is 327 g/mol. The van der Waals surface area contributed by atoms with Crippen molar-refractivity contribution in [2.24, 2.45) is 5.92 Å². The number of benzene rings is 2. The number of phenolic OH excluding ortho intramolecular Hbond substituents is 1. The number of phenols is 1. The second-order valence-corrected chi connectivity index (χ2v) is 7.08. The maximum Gasteiger partial charge on any atom is 0.232 e. The van der Waals surface area contributed by atoms with E-state index < -0.39 is 12.1 Å². The number of nitrogens with one attached hydrogen (secondary N) is 1. The van der Waals surface area contributed by atoms with Gasteiger partial charge < -0.3 is 10.4 Å². The van der Waals surface area contributed by atoms with Crippen LogP contribution in [0.25, 0.3) is 21.3 Å². The van der Waals surface area contributed by atoms with Crippen molar-refractivity contribution in [1.82, 2.24) is 4.98 Å². The van der Waals surface area contributed by atoms with Crippen molar-refractivity contribution in [2.45, 2.75) is 19.5 Å². The van der Waals surface area contributed by atoms with Crippen LogP contribution in [0.15, 0.2) is 36.4 Å². The van der Waals surface area contributed by atoms with Gasteiger partial charge in [0, 0.05) is 0 Å². The molecule has 0 spiro atoms. The van der Waals surface area contributed by atoms with Crippen molar-refractivity contribution in [3.8, 4) is 16.9 Å². The summed E-state index contributed by atoms with van der Waals surface area (Å²) in [4.78, 5) is 16.2. The highest BCUT2D eigenvalue weighted by Gasteiger charge is 2.43. The van der Waals surface area contributed by atoms with Gasteiger partial charge in [0.25, 0.3) is 0 Å². The van der Waals surface area contributed by atoms with Crippen molar-refractivity contribution in [1.29, 1.82) is 0 Å². The number of aryl methyl sites for hydroxylation is 1. The third kappa shape index (κ3) is 2.73. The predicted molar refractivity (Wildman–Crippen MR) is 93.1 cm³/mol. The van der Waals surface area contributed by atoms with Gasteiger partial charge in [-0.05, 0) is 54.3 Å². The summed E-state index contributed by atoms with van der Waals surface area (Å²) in [5.74, 6) is -0.605. The minimum Gasteiger partial charge on any atom is -0.508 e. The first-order valence-electron chi connectivity index (χ1n) is 7.67. The highest BCUT2D eigenvalue weighted by Crippen LogP contribution is 2.36. The van der Waals surface area contributed by atoms with Gasteiger partial charge in [0.05, 0.1) is 16.1 Å². The highest BCUT2D eigenvalue weighted by molar-refractivity contribution is 7.22. The number of hydrogen-bond acceptors (Lipinski definition) is 4. The van der Waals surface area contributed by atoms with E-state index in [-0.39, 0.29) is 11.7 Å². The molecule has 0 bridgehead atoms. The summed E-state index contributed by atoms with van der Waals surface area (Å²) in [6.45, 7) is 1.99. The van der Waals surface area contributed by atoms with Gasteiger partial charge in [-0.1, -0.05) is 23.5 Å². The second-order valence-electron chi connectivity index (χ2n) is 6.05. The fourth-order valence-electron chi connectivity index (χ4n) is 2.70. The zero-order valence-corrected chi connectivity index (χ0v) is 13.7. The first-order chi connectivity index (χ1) is 11.5. The maximum absolute atomic E-state index is 12.9. The van der Waals surface area contributed by atoms with E-state index in [1.54, 1.807) is 12.1 Å². The molecule has 2 unspecified atom stereocenters. The lowest BCUT2D eigenvalue weighted by molar-refractivity contribution is -0.117. The molecule has 1 aliphatic rings. The van der Waals surface area contributed by atoms with Gasteiger partial charge >= 0.3 is 0 Å². The SMILES string of the molecule is Cc1ccc(O)cc1-c1ccc2nc(NC(=O)C3CC3F)sc2c1. The molecule has 2 aromatic carbocycles. The number of halogens is 1. The molecule has 1 heterocycles. The molecule has 4 nitrogen and oxygen atoms in total. The van der Waals surface area contributed by atoms with E-state index in [2.05, 4.69) is 10.3 Å². The number of alkyl halides is 1. The number of fused-ring (bicyclic) bond motifs is 1. The average Bonchev–Trinajstić information content (AvgIpc) is 3.15. The monoisotopic (exact) mass is 342 g/mol. The molecule has 0 radical (unpaired) electrons. The van der Waals surface area contributed by atoms with E-state index in [1.807, 2.05) is 31.2 Å². The fourth-order valence-corrected chi connectivity index (χ4v) is 3.61. The molecule has 1 aromatic heterocycles. The fraction of sp³-hybridized carbons (Fsp3) is 0.222. The number of aromatic nitrogens is 1.